The Labute approximate surface area is 190 Å². The number of nitrogens with zero attached hydrogens (tertiary/aromatic N) is 1. The van der Waals surface area contributed by atoms with Crippen molar-refractivity contribution in [3.63, 3.8) is 0 Å². The van der Waals surface area contributed by atoms with Crippen LogP contribution < -0.4 is 4.74 Å². The van der Waals surface area contributed by atoms with Crippen LogP contribution in [0.1, 0.15) is 57.4 Å². The number of benzene rings is 2. The Balaban J connectivity index is 1.38. The molecule has 32 heavy (non-hydrogen) atoms. The molecule has 1 saturated carbocycles. The van der Waals surface area contributed by atoms with E-state index < -0.39 is 0 Å². The molecule has 0 radical (unpaired) electrons. The van der Waals surface area contributed by atoms with Gasteiger partial charge in [0.2, 0.25) is 5.88 Å². The third-order valence-corrected chi connectivity index (χ3v) is 6.33. The number of aromatic nitrogens is 1. The molecule has 2 atom stereocenters. The topological polar surface area (TPSA) is 48.4 Å². The summed E-state index contributed by atoms with van der Waals surface area (Å²) in [6.45, 7) is 11.0. The van der Waals surface area contributed by atoms with Crippen LogP contribution in [0.15, 0.2) is 72.8 Å². The fraction of sp³-hybridized carbons (Fsp3) is 0.357. The molecule has 0 amide bonds. The summed E-state index contributed by atoms with van der Waals surface area (Å²) < 4.78 is 11.4. The maximum absolute atomic E-state index is 12.9. The minimum absolute atomic E-state index is 0.113. The monoisotopic (exact) mass is 429 g/mol. The average molecular weight is 430 g/mol. The Morgan fingerprint density at radius 3 is 2.28 bits per heavy atom. The van der Waals surface area contributed by atoms with E-state index >= 15 is 0 Å². The second kappa shape index (κ2) is 8.42. The lowest BCUT2D eigenvalue weighted by Crippen LogP contribution is -2.11. The Bertz CT molecular complexity index is 1080. The molecule has 0 spiro atoms. The largest absolute Gasteiger partial charge is 0.459 e. The van der Waals surface area contributed by atoms with Gasteiger partial charge in [0.1, 0.15) is 12.4 Å². The molecular weight excluding hydrogens is 398 g/mol. The molecule has 1 fully saturated rings. The minimum Gasteiger partial charge on any atom is -0.459 e. The van der Waals surface area contributed by atoms with Gasteiger partial charge in [-0.05, 0) is 40.2 Å². The lowest BCUT2D eigenvalue weighted by atomic mass is 9.86. The van der Waals surface area contributed by atoms with Gasteiger partial charge in [0.25, 0.3) is 0 Å². The number of esters is 1. The van der Waals surface area contributed by atoms with E-state index in [0.717, 1.165) is 0 Å². The molecule has 4 rings (SSSR count). The molecule has 1 aliphatic rings. The first-order chi connectivity index (χ1) is 15.2. The van der Waals surface area contributed by atoms with Crippen LogP contribution in [0.25, 0.3) is 0 Å². The van der Waals surface area contributed by atoms with Crippen molar-refractivity contribution in [1.82, 2.24) is 4.98 Å². The van der Waals surface area contributed by atoms with Crippen LogP contribution in [-0.4, -0.2) is 11.0 Å². The predicted molar refractivity (Wildman–Crippen MR) is 126 cm³/mol. The van der Waals surface area contributed by atoms with Crippen LogP contribution in [0.2, 0.25) is 0 Å². The van der Waals surface area contributed by atoms with Gasteiger partial charge >= 0.3 is 5.97 Å². The van der Waals surface area contributed by atoms with Crippen LogP contribution in [0.4, 0.5) is 0 Å². The van der Waals surface area contributed by atoms with Crippen molar-refractivity contribution in [2.24, 2.45) is 11.3 Å². The van der Waals surface area contributed by atoms with Gasteiger partial charge in [0.05, 0.1) is 11.6 Å². The summed E-state index contributed by atoms with van der Waals surface area (Å²) >= 11 is 0. The second-order valence-corrected chi connectivity index (χ2v) is 10.1. The Morgan fingerprint density at radius 2 is 1.62 bits per heavy atom. The van der Waals surface area contributed by atoms with Crippen molar-refractivity contribution in [2.75, 3.05) is 0 Å². The van der Waals surface area contributed by atoms with Gasteiger partial charge in [-0.1, -0.05) is 83.1 Å². The van der Waals surface area contributed by atoms with Crippen LogP contribution in [0, 0.1) is 11.3 Å². The van der Waals surface area contributed by atoms with Crippen molar-refractivity contribution in [3.05, 3.63) is 89.6 Å². The van der Waals surface area contributed by atoms with E-state index in [1.54, 1.807) is 6.07 Å². The zero-order valence-electron chi connectivity index (χ0n) is 19.5. The summed E-state index contributed by atoms with van der Waals surface area (Å²) in [6.07, 6.45) is 0. The van der Waals surface area contributed by atoms with Gasteiger partial charge in [-0.3, -0.25) is 4.79 Å². The van der Waals surface area contributed by atoms with E-state index in [2.05, 4.69) is 63.9 Å². The minimum atomic E-state index is -0.170. The number of carbonyl (C=O) groups is 1. The molecular formula is C28H31NO3. The van der Waals surface area contributed by atoms with Crippen LogP contribution >= 0.6 is 0 Å². The fourth-order valence-corrected chi connectivity index (χ4v) is 4.33. The summed E-state index contributed by atoms with van der Waals surface area (Å²) in [5.41, 5.74) is 3.15. The third kappa shape index (κ3) is 4.69. The molecule has 4 nitrogen and oxygen atoms in total. The standard InChI is InChI=1S/C28H31NO3/c1-27(2,3)20-16-14-19(15-17-20)24-25(28(24,4)5)26(30)31-18-21-10-9-13-23(29-21)32-22-11-7-6-8-12-22/h6-17,24-25H,18H2,1-5H3/t24-,25+/m0/s1. The molecule has 1 aliphatic carbocycles. The highest BCUT2D eigenvalue weighted by Crippen LogP contribution is 2.64. The Kier molecular flexibility index (Phi) is 5.81. The summed E-state index contributed by atoms with van der Waals surface area (Å²) in [6, 6.07) is 23.6. The summed E-state index contributed by atoms with van der Waals surface area (Å²) in [4.78, 5) is 17.4. The Morgan fingerprint density at radius 1 is 0.938 bits per heavy atom. The molecule has 3 aromatic rings. The average Bonchev–Trinajstić information content (AvgIpc) is 3.34. The van der Waals surface area contributed by atoms with Gasteiger partial charge in [-0.15, -0.1) is 0 Å². The molecule has 1 aromatic heterocycles. The number of para-hydroxylation sites is 1. The Hall–Kier alpha value is -3.14. The smallest absolute Gasteiger partial charge is 0.310 e. The maximum Gasteiger partial charge on any atom is 0.310 e. The van der Waals surface area contributed by atoms with Gasteiger partial charge in [-0.25, -0.2) is 4.98 Å². The van der Waals surface area contributed by atoms with Crippen molar-refractivity contribution >= 4 is 5.97 Å². The lowest BCUT2D eigenvalue weighted by molar-refractivity contribution is -0.147. The van der Waals surface area contributed by atoms with E-state index in [1.807, 2.05) is 42.5 Å². The number of hydrogen-bond acceptors (Lipinski definition) is 4. The second-order valence-electron chi connectivity index (χ2n) is 10.1. The zero-order valence-corrected chi connectivity index (χ0v) is 19.5. The van der Waals surface area contributed by atoms with Gasteiger partial charge in [0, 0.05) is 12.0 Å². The number of ether oxygens (including phenoxy) is 2. The molecule has 4 heteroatoms. The van der Waals surface area contributed by atoms with Crippen LogP contribution in [0.3, 0.4) is 0 Å². The van der Waals surface area contributed by atoms with Crippen molar-refractivity contribution < 1.29 is 14.3 Å². The molecule has 2 aromatic carbocycles. The third-order valence-electron chi connectivity index (χ3n) is 6.33. The van der Waals surface area contributed by atoms with Gasteiger partial charge < -0.3 is 9.47 Å². The molecule has 0 bridgehead atoms. The van der Waals surface area contributed by atoms with Gasteiger partial charge in [-0.2, -0.15) is 0 Å². The first-order valence-corrected chi connectivity index (χ1v) is 11.1. The van der Waals surface area contributed by atoms with E-state index in [-0.39, 0.29) is 35.2 Å². The molecule has 166 valence electrons. The lowest BCUT2D eigenvalue weighted by Gasteiger charge is -2.19. The van der Waals surface area contributed by atoms with Crippen molar-refractivity contribution in [3.8, 4) is 11.6 Å². The number of carbonyl (C=O) groups excluding carboxylic acids is 1. The van der Waals surface area contributed by atoms with E-state index in [0.29, 0.717) is 17.3 Å². The molecule has 0 N–H and O–H groups in total. The highest BCUT2D eigenvalue weighted by atomic mass is 16.5. The van der Waals surface area contributed by atoms with E-state index in [4.69, 9.17) is 9.47 Å². The SMILES string of the molecule is CC(C)(C)c1ccc([C@H]2[C@H](C(=O)OCc3cccc(Oc4ccccc4)n3)C2(C)C)cc1. The molecule has 0 saturated heterocycles. The normalized spacial score (nSPS) is 19.3. The van der Waals surface area contributed by atoms with Crippen LogP contribution in [-0.2, 0) is 21.6 Å². The number of rotatable bonds is 6. The number of hydrogen-bond donors (Lipinski definition) is 0. The maximum atomic E-state index is 12.9. The summed E-state index contributed by atoms with van der Waals surface area (Å²) in [5, 5.41) is 0. The first kappa shape index (κ1) is 22.1. The van der Waals surface area contributed by atoms with Gasteiger partial charge in [0.15, 0.2) is 0 Å². The fourth-order valence-electron chi connectivity index (χ4n) is 4.33. The quantitative estimate of drug-likeness (QED) is 0.411. The summed E-state index contributed by atoms with van der Waals surface area (Å²) in [5.74, 6) is 1.05. The molecule has 0 aliphatic heterocycles. The van der Waals surface area contributed by atoms with Crippen molar-refractivity contribution in [2.45, 2.75) is 52.6 Å². The predicted octanol–water partition coefficient (Wildman–Crippen LogP) is 6.65. The highest BCUT2D eigenvalue weighted by Gasteiger charge is 2.63. The first-order valence-electron chi connectivity index (χ1n) is 11.1. The zero-order chi connectivity index (χ0) is 22.9. The molecule has 0 unspecified atom stereocenters. The van der Waals surface area contributed by atoms with E-state index in [9.17, 15) is 4.79 Å². The van der Waals surface area contributed by atoms with Crippen LogP contribution in [0.5, 0.6) is 11.6 Å². The van der Waals surface area contributed by atoms with Crippen molar-refractivity contribution in [1.29, 1.82) is 0 Å². The van der Waals surface area contributed by atoms with E-state index in [1.165, 1.54) is 11.1 Å². The highest BCUT2D eigenvalue weighted by molar-refractivity contribution is 5.79. The summed E-state index contributed by atoms with van der Waals surface area (Å²) in [7, 11) is 0. The molecule has 1 heterocycles. The number of pyridine rings is 1.